The summed E-state index contributed by atoms with van der Waals surface area (Å²) >= 11 is 0. The smallest absolute Gasteiger partial charge is 0.261 e. The number of fused-ring (bicyclic) bond motifs is 1. The molecule has 3 aromatic carbocycles. The van der Waals surface area contributed by atoms with Crippen molar-refractivity contribution >= 4 is 23.4 Å². The van der Waals surface area contributed by atoms with E-state index in [1.165, 1.54) is 4.90 Å². The number of nitrogens with one attached hydrogen (secondary N) is 1. The molecule has 0 saturated carbocycles. The van der Waals surface area contributed by atoms with E-state index >= 15 is 0 Å². The Hall–Kier alpha value is -3.93. The quantitative estimate of drug-likeness (QED) is 0.451. The molecule has 31 heavy (non-hydrogen) atoms. The van der Waals surface area contributed by atoms with Gasteiger partial charge in [-0.2, -0.15) is 0 Å². The number of carbonyl (C=O) groups excluding carboxylic acids is 3. The number of anilines is 1. The third kappa shape index (κ3) is 4.64. The summed E-state index contributed by atoms with van der Waals surface area (Å²) in [4.78, 5) is 38.7. The largest absolute Gasteiger partial charge is 0.281 e. The molecule has 1 heterocycles. The Morgan fingerprint density at radius 1 is 0.774 bits per heavy atom. The zero-order chi connectivity index (χ0) is 21.6. The van der Waals surface area contributed by atoms with Gasteiger partial charge >= 0.3 is 0 Å². The van der Waals surface area contributed by atoms with Gasteiger partial charge in [0, 0.05) is 13.0 Å². The summed E-state index contributed by atoms with van der Waals surface area (Å²) in [5.41, 5.74) is 5.75. The minimum atomic E-state index is -0.295. The first-order valence-electron chi connectivity index (χ1n) is 10.2. The summed E-state index contributed by atoms with van der Waals surface area (Å²) in [6.45, 7) is 0.735. The number of amides is 3. The number of nitrogens with zero attached hydrogens (tertiary/aromatic N) is 2. The van der Waals surface area contributed by atoms with Crippen LogP contribution in [0.25, 0.3) is 0 Å². The van der Waals surface area contributed by atoms with Gasteiger partial charge in [-0.3, -0.25) is 29.7 Å². The third-order valence-corrected chi connectivity index (χ3v) is 5.17. The lowest BCUT2D eigenvalue weighted by Gasteiger charge is -2.25. The Morgan fingerprint density at radius 3 is 1.94 bits per heavy atom. The van der Waals surface area contributed by atoms with E-state index in [1.54, 1.807) is 29.3 Å². The maximum absolute atomic E-state index is 12.6. The van der Waals surface area contributed by atoms with Crippen molar-refractivity contribution in [2.45, 2.75) is 19.4 Å². The number of hydrazine groups is 1. The first-order chi connectivity index (χ1) is 15.1. The van der Waals surface area contributed by atoms with E-state index in [9.17, 15) is 14.4 Å². The van der Waals surface area contributed by atoms with E-state index < -0.39 is 0 Å². The molecule has 0 aliphatic carbocycles. The van der Waals surface area contributed by atoms with Gasteiger partial charge in [-0.1, -0.05) is 60.7 Å². The molecule has 0 fully saturated rings. The predicted octanol–water partition coefficient (Wildman–Crippen LogP) is 3.80. The standard InChI is InChI=1S/C25H23N3O3/c29-23(16-9-17-27-24(30)21-14-7-8-15-22(21)25(27)31)26-28(20-12-5-2-6-13-20)18-19-10-3-1-4-11-19/h1-8,10-15H,9,16-18H2,(H,26,29). The summed E-state index contributed by atoms with van der Waals surface area (Å²) in [6, 6.07) is 26.3. The van der Waals surface area contributed by atoms with Crippen molar-refractivity contribution in [2.75, 3.05) is 11.6 Å². The summed E-state index contributed by atoms with van der Waals surface area (Å²) in [7, 11) is 0. The molecule has 0 bridgehead atoms. The van der Waals surface area contributed by atoms with Crippen molar-refractivity contribution < 1.29 is 14.4 Å². The molecule has 0 unspecified atom stereocenters. The summed E-state index contributed by atoms with van der Waals surface area (Å²) in [6.07, 6.45) is 0.594. The second-order valence-electron chi connectivity index (χ2n) is 7.35. The second-order valence-corrected chi connectivity index (χ2v) is 7.35. The Kier molecular flexibility index (Phi) is 6.08. The molecule has 0 atom stereocenters. The van der Waals surface area contributed by atoms with Crippen LogP contribution in [0.5, 0.6) is 0 Å². The molecule has 6 heteroatoms. The van der Waals surface area contributed by atoms with Gasteiger partial charge in [0.1, 0.15) is 0 Å². The van der Waals surface area contributed by atoms with Crippen LogP contribution >= 0.6 is 0 Å². The van der Waals surface area contributed by atoms with Crippen LogP contribution in [0.1, 0.15) is 39.1 Å². The molecular formula is C25H23N3O3. The van der Waals surface area contributed by atoms with Crippen molar-refractivity contribution in [3.8, 4) is 0 Å². The fourth-order valence-electron chi connectivity index (χ4n) is 3.62. The Balaban J connectivity index is 1.35. The SMILES string of the molecule is O=C(CCCN1C(=O)c2ccccc2C1=O)NN(Cc1ccccc1)c1ccccc1. The average Bonchev–Trinajstić information content (AvgIpc) is 3.05. The van der Waals surface area contributed by atoms with Crippen molar-refractivity contribution in [1.29, 1.82) is 0 Å². The average molecular weight is 413 g/mol. The molecule has 3 aromatic rings. The highest BCUT2D eigenvalue weighted by molar-refractivity contribution is 6.21. The lowest BCUT2D eigenvalue weighted by atomic mass is 10.1. The molecule has 3 amide bonds. The normalized spacial score (nSPS) is 12.6. The number of hydrogen-bond donors (Lipinski definition) is 1. The fraction of sp³-hybridized carbons (Fsp3) is 0.160. The van der Waals surface area contributed by atoms with Crippen molar-refractivity contribution in [3.63, 3.8) is 0 Å². The Morgan fingerprint density at radius 2 is 1.32 bits per heavy atom. The molecule has 4 rings (SSSR count). The molecule has 0 aromatic heterocycles. The van der Waals surface area contributed by atoms with Crippen molar-refractivity contribution in [2.24, 2.45) is 0 Å². The fourth-order valence-corrected chi connectivity index (χ4v) is 3.62. The molecule has 1 aliphatic rings. The highest BCUT2D eigenvalue weighted by Crippen LogP contribution is 2.22. The Labute approximate surface area is 181 Å². The van der Waals surface area contributed by atoms with E-state index in [1.807, 2.05) is 60.7 Å². The topological polar surface area (TPSA) is 69.7 Å². The second kappa shape index (κ2) is 9.26. The summed E-state index contributed by atoms with van der Waals surface area (Å²) in [5.74, 6) is -0.761. The minimum Gasteiger partial charge on any atom is -0.281 e. The molecule has 0 saturated heterocycles. The van der Waals surface area contributed by atoms with Crippen LogP contribution in [0.4, 0.5) is 5.69 Å². The van der Waals surface area contributed by atoms with Crippen LogP contribution in [0.3, 0.4) is 0 Å². The molecule has 0 spiro atoms. The van der Waals surface area contributed by atoms with Crippen LogP contribution < -0.4 is 10.4 Å². The maximum Gasteiger partial charge on any atom is 0.261 e. The minimum absolute atomic E-state index is 0.170. The van der Waals surface area contributed by atoms with Gasteiger partial charge in [-0.05, 0) is 36.2 Å². The third-order valence-electron chi connectivity index (χ3n) is 5.17. The first kappa shape index (κ1) is 20.3. The van der Waals surface area contributed by atoms with Crippen LogP contribution in [-0.4, -0.2) is 29.2 Å². The van der Waals surface area contributed by atoms with Crippen LogP contribution in [-0.2, 0) is 11.3 Å². The molecular weight excluding hydrogens is 390 g/mol. The Bertz CT molecular complexity index is 1050. The molecule has 6 nitrogen and oxygen atoms in total. The number of hydrogen-bond acceptors (Lipinski definition) is 4. The lowest BCUT2D eigenvalue weighted by Crippen LogP contribution is -2.42. The van der Waals surface area contributed by atoms with E-state index in [4.69, 9.17) is 0 Å². The predicted molar refractivity (Wildman–Crippen MR) is 118 cm³/mol. The molecule has 0 radical (unpaired) electrons. The number of rotatable bonds is 8. The van der Waals surface area contributed by atoms with Crippen molar-refractivity contribution in [3.05, 3.63) is 102 Å². The molecule has 156 valence electrons. The van der Waals surface area contributed by atoms with E-state index in [0.29, 0.717) is 24.1 Å². The van der Waals surface area contributed by atoms with E-state index in [-0.39, 0.29) is 30.7 Å². The van der Waals surface area contributed by atoms with Crippen LogP contribution in [0.15, 0.2) is 84.9 Å². The number of benzene rings is 3. The number of carbonyl (C=O) groups is 3. The number of para-hydroxylation sites is 1. The van der Waals surface area contributed by atoms with Crippen molar-refractivity contribution in [1.82, 2.24) is 10.3 Å². The lowest BCUT2D eigenvalue weighted by molar-refractivity contribution is -0.121. The number of imide groups is 1. The maximum atomic E-state index is 12.6. The van der Waals surface area contributed by atoms with Crippen LogP contribution in [0, 0.1) is 0 Å². The first-order valence-corrected chi connectivity index (χ1v) is 10.2. The monoisotopic (exact) mass is 413 g/mol. The van der Waals surface area contributed by atoms with Gasteiger partial charge in [-0.15, -0.1) is 0 Å². The highest BCUT2D eigenvalue weighted by atomic mass is 16.2. The van der Waals surface area contributed by atoms with Gasteiger partial charge in [0.25, 0.3) is 11.8 Å². The van der Waals surface area contributed by atoms with E-state index in [2.05, 4.69) is 5.43 Å². The zero-order valence-electron chi connectivity index (χ0n) is 17.0. The van der Waals surface area contributed by atoms with Crippen LogP contribution in [0.2, 0.25) is 0 Å². The van der Waals surface area contributed by atoms with Gasteiger partial charge in [0.2, 0.25) is 5.91 Å². The van der Waals surface area contributed by atoms with Gasteiger partial charge in [0.15, 0.2) is 0 Å². The van der Waals surface area contributed by atoms with Gasteiger partial charge in [0.05, 0.1) is 23.4 Å². The van der Waals surface area contributed by atoms with Gasteiger partial charge in [-0.25, -0.2) is 0 Å². The zero-order valence-corrected chi connectivity index (χ0v) is 17.0. The highest BCUT2D eigenvalue weighted by Gasteiger charge is 2.34. The van der Waals surface area contributed by atoms with Gasteiger partial charge < -0.3 is 0 Å². The summed E-state index contributed by atoms with van der Waals surface area (Å²) < 4.78 is 0. The molecule has 1 N–H and O–H groups in total. The molecule has 1 aliphatic heterocycles. The van der Waals surface area contributed by atoms with E-state index in [0.717, 1.165) is 11.3 Å². The summed E-state index contributed by atoms with van der Waals surface area (Å²) in [5, 5.41) is 1.81.